The summed E-state index contributed by atoms with van der Waals surface area (Å²) in [5.41, 5.74) is 2.95. The van der Waals surface area contributed by atoms with E-state index in [1.807, 2.05) is 0 Å². The highest BCUT2D eigenvalue weighted by atomic mass is 15.8. The molecule has 1 fully saturated rings. The molecule has 3 nitrogen and oxygen atoms in total. The molecule has 0 aliphatic carbocycles. The van der Waals surface area contributed by atoms with Crippen molar-refractivity contribution in [3.05, 3.63) is 0 Å². The first-order valence-electron chi connectivity index (χ1n) is 4.67. The van der Waals surface area contributed by atoms with E-state index in [2.05, 4.69) is 12.5 Å². The third kappa shape index (κ3) is 2.15. The van der Waals surface area contributed by atoms with Crippen LogP contribution < -0.4 is 11.4 Å². The van der Waals surface area contributed by atoms with Gasteiger partial charge in [0.05, 0.1) is 19.6 Å². The van der Waals surface area contributed by atoms with Gasteiger partial charge in [0.2, 0.25) is 0 Å². The Labute approximate surface area is 69.1 Å². The minimum atomic E-state index is 0.952. The summed E-state index contributed by atoms with van der Waals surface area (Å²) in [7, 11) is 0. The fourth-order valence-corrected chi connectivity index (χ4v) is 1.82. The summed E-state index contributed by atoms with van der Waals surface area (Å²) < 4.78 is 0.952. The zero-order valence-electron chi connectivity index (χ0n) is 7.47. The lowest BCUT2D eigenvalue weighted by atomic mass is 10.3. The van der Waals surface area contributed by atoms with Gasteiger partial charge in [0.25, 0.3) is 0 Å². The number of nitrogens with two attached hydrogens (primary N) is 1. The predicted molar refractivity (Wildman–Crippen MR) is 46.3 cm³/mol. The molecule has 0 atom stereocenters. The van der Waals surface area contributed by atoms with Crippen molar-refractivity contribution >= 4 is 0 Å². The van der Waals surface area contributed by atoms with Crippen molar-refractivity contribution in [1.82, 2.24) is 5.53 Å². The predicted octanol–water partition coefficient (Wildman–Crippen LogP) is 0.775. The molecular formula is C8H20N3+. The van der Waals surface area contributed by atoms with Gasteiger partial charge in [0.15, 0.2) is 0 Å². The van der Waals surface area contributed by atoms with E-state index < -0.39 is 0 Å². The minimum Gasteiger partial charge on any atom is -0.232 e. The molecule has 0 spiro atoms. The molecule has 1 rings (SSSR count). The molecule has 0 radical (unpaired) electrons. The fourth-order valence-electron chi connectivity index (χ4n) is 1.82. The van der Waals surface area contributed by atoms with Gasteiger partial charge in [0, 0.05) is 12.8 Å². The van der Waals surface area contributed by atoms with E-state index in [1.165, 1.54) is 45.3 Å². The molecule has 1 aliphatic rings. The monoisotopic (exact) mass is 158 g/mol. The second-order valence-electron chi connectivity index (χ2n) is 3.51. The van der Waals surface area contributed by atoms with E-state index in [9.17, 15) is 0 Å². The summed E-state index contributed by atoms with van der Waals surface area (Å²) in [4.78, 5) is 0. The van der Waals surface area contributed by atoms with Crippen LogP contribution in [0.1, 0.15) is 32.6 Å². The van der Waals surface area contributed by atoms with Gasteiger partial charge in [-0.2, -0.15) is 0 Å². The Balaban J connectivity index is 2.33. The molecular weight excluding hydrogens is 138 g/mol. The standard InChI is InChI=1S/C8H20N3/c1-2-3-6-11(10-9)7-4-5-8-11/h10H,2-9H2,1H3/q+1. The molecule has 1 saturated heterocycles. The number of quaternary nitrogens is 1. The number of hydrogen-bond donors (Lipinski definition) is 2. The van der Waals surface area contributed by atoms with E-state index in [1.54, 1.807) is 0 Å². The molecule has 0 unspecified atom stereocenters. The van der Waals surface area contributed by atoms with Crippen LogP contribution in [0.4, 0.5) is 0 Å². The summed E-state index contributed by atoms with van der Waals surface area (Å²) in [6, 6.07) is 0. The molecule has 1 aliphatic heterocycles. The van der Waals surface area contributed by atoms with E-state index in [-0.39, 0.29) is 0 Å². The highest BCUT2D eigenvalue weighted by molar-refractivity contribution is 4.50. The number of hydrogen-bond acceptors (Lipinski definition) is 2. The largest absolute Gasteiger partial charge is 0.232 e. The van der Waals surface area contributed by atoms with Gasteiger partial charge in [-0.05, 0) is 6.42 Å². The van der Waals surface area contributed by atoms with Gasteiger partial charge >= 0.3 is 0 Å². The van der Waals surface area contributed by atoms with Crippen LogP contribution in [0, 0.1) is 0 Å². The first-order chi connectivity index (χ1) is 5.33. The van der Waals surface area contributed by atoms with Crippen molar-refractivity contribution in [2.45, 2.75) is 32.6 Å². The van der Waals surface area contributed by atoms with Crippen LogP contribution in [-0.4, -0.2) is 24.2 Å². The first-order valence-corrected chi connectivity index (χ1v) is 4.67. The molecule has 0 amide bonds. The Hall–Kier alpha value is -0.120. The lowest BCUT2D eigenvalue weighted by molar-refractivity contribution is -0.960. The second-order valence-corrected chi connectivity index (χ2v) is 3.51. The lowest BCUT2D eigenvalue weighted by Crippen LogP contribution is -2.59. The normalized spacial score (nSPS) is 22.4. The maximum absolute atomic E-state index is 5.53. The number of nitrogens with one attached hydrogen (secondary N) is 1. The number of unbranched alkanes of at least 4 members (excludes halogenated alkanes) is 1. The Morgan fingerprint density at radius 1 is 1.36 bits per heavy atom. The van der Waals surface area contributed by atoms with Gasteiger partial charge in [0.1, 0.15) is 0 Å². The smallest absolute Gasteiger partial charge is 0.0976 e. The van der Waals surface area contributed by atoms with Crippen LogP contribution in [-0.2, 0) is 0 Å². The summed E-state index contributed by atoms with van der Waals surface area (Å²) in [6.07, 6.45) is 5.20. The number of hydrazine groups is 1. The molecule has 3 N–H and O–H groups in total. The van der Waals surface area contributed by atoms with E-state index in [0.717, 1.165) is 4.59 Å². The zero-order chi connectivity index (χ0) is 8.16. The zero-order valence-corrected chi connectivity index (χ0v) is 7.47. The van der Waals surface area contributed by atoms with Crippen LogP contribution in [0.25, 0.3) is 0 Å². The van der Waals surface area contributed by atoms with Crippen molar-refractivity contribution in [1.29, 1.82) is 0 Å². The van der Waals surface area contributed by atoms with Crippen molar-refractivity contribution in [2.75, 3.05) is 19.6 Å². The van der Waals surface area contributed by atoms with Crippen LogP contribution in [0.3, 0.4) is 0 Å². The Bertz CT molecular complexity index is 108. The van der Waals surface area contributed by atoms with Gasteiger partial charge < -0.3 is 0 Å². The van der Waals surface area contributed by atoms with Crippen LogP contribution in [0.15, 0.2) is 0 Å². The number of likely N-dealkylation sites (tertiary alicyclic amines) is 1. The van der Waals surface area contributed by atoms with Gasteiger partial charge in [-0.15, -0.1) is 5.53 Å². The maximum atomic E-state index is 5.53. The quantitative estimate of drug-likeness (QED) is 0.360. The summed E-state index contributed by atoms with van der Waals surface area (Å²) >= 11 is 0. The molecule has 0 aromatic heterocycles. The summed E-state index contributed by atoms with van der Waals surface area (Å²) in [5.74, 6) is 5.53. The Kier molecular flexibility index (Phi) is 3.30. The third-order valence-electron chi connectivity index (χ3n) is 2.64. The summed E-state index contributed by atoms with van der Waals surface area (Å²) in [5, 5.41) is 0. The topological polar surface area (TPSA) is 38.0 Å². The SMILES string of the molecule is CCCC[N+]1(NN)CCCC1. The number of nitrogens with zero attached hydrogens (tertiary/aromatic N) is 1. The maximum Gasteiger partial charge on any atom is 0.0976 e. The van der Waals surface area contributed by atoms with E-state index in [0.29, 0.717) is 0 Å². The molecule has 0 aromatic rings. The highest BCUT2D eigenvalue weighted by Crippen LogP contribution is 2.15. The van der Waals surface area contributed by atoms with Crippen LogP contribution in [0.2, 0.25) is 0 Å². The Morgan fingerprint density at radius 2 is 2.00 bits per heavy atom. The lowest BCUT2D eigenvalue weighted by Gasteiger charge is -2.31. The minimum absolute atomic E-state index is 0.952. The van der Waals surface area contributed by atoms with E-state index in [4.69, 9.17) is 5.84 Å². The highest BCUT2D eigenvalue weighted by Gasteiger charge is 2.30. The van der Waals surface area contributed by atoms with Crippen molar-refractivity contribution < 1.29 is 4.59 Å². The molecule has 11 heavy (non-hydrogen) atoms. The van der Waals surface area contributed by atoms with Gasteiger partial charge in [-0.25, -0.2) is 10.4 Å². The van der Waals surface area contributed by atoms with Gasteiger partial charge in [-0.3, -0.25) is 0 Å². The molecule has 0 aromatic carbocycles. The Morgan fingerprint density at radius 3 is 2.45 bits per heavy atom. The molecule has 66 valence electrons. The molecule has 3 heteroatoms. The number of rotatable bonds is 4. The van der Waals surface area contributed by atoms with Crippen molar-refractivity contribution in [2.24, 2.45) is 5.84 Å². The third-order valence-corrected chi connectivity index (χ3v) is 2.64. The molecule has 1 heterocycles. The molecule has 0 saturated carbocycles. The van der Waals surface area contributed by atoms with Crippen molar-refractivity contribution in [3.63, 3.8) is 0 Å². The molecule has 0 bridgehead atoms. The second kappa shape index (κ2) is 4.04. The average molecular weight is 158 g/mol. The van der Waals surface area contributed by atoms with E-state index >= 15 is 0 Å². The fraction of sp³-hybridized carbons (Fsp3) is 1.00. The average Bonchev–Trinajstić information content (AvgIpc) is 2.50. The van der Waals surface area contributed by atoms with Crippen molar-refractivity contribution in [3.8, 4) is 0 Å². The summed E-state index contributed by atoms with van der Waals surface area (Å²) in [6.45, 7) is 5.86. The van der Waals surface area contributed by atoms with Crippen LogP contribution >= 0.6 is 0 Å². The van der Waals surface area contributed by atoms with Crippen LogP contribution in [0.5, 0.6) is 0 Å². The van der Waals surface area contributed by atoms with Gasteiger partial charge in [-0.1, -0.05) is 13.3 Å². The first kappa shape index (κ1) is 8.97.